The van der Waals surface area contributed by atoms with Crippen LogP contribution in [0.3, 0.4) is 0 Å². The zero-order valence-corrected chi connectivity index (χ0v) is 23.6. The second-order valence-corrected chi connectivity index (χ2v) is 11.1. The van der Waals surface area contributed by atoms with Gasteiger partial charge in [-0.25, -0.2) is 0 Å². The fraction of sp³-hybridized carbons (Fsp3) is 0.781. The lowest BCUT2D eigenvalue weighted by atomic mass is 9.97. The number of nitrogens with zero attached hydrogens (tertiary/aromatic N) is 1. The van der Waals surface area contributed by atoms with Gasteiger partial charge in [0.05, 0.1) is 12.6 Å². The Labute approximate surface area is 222 Å². The summed E-state index contributed by atoms with van der Waals surface area (Å²) in [7, 11) is 2.04. The highest BCUT2D eigenvalue weighted by molar-refractivity contribution is 5.86. The van der Waals surface area contributed by atoms with Crippen molar-refractivity contribution in [1.29, 1.82) is 0 Å². The van der Waals surface area contributed by atoms with Crippen molar-refractivity contribution in [2.45, 2.75) is 147 Å². The van der Waals surface area contributed by atoms with Gasteiger partial charge in [0.1, 0.15) is 6.04 Å². The maximum atomic E-state index is 12.9. The first-order valence-electron chi connectivity index (χ1n) is 15.4. The van der Waals surface area contributed by atoms with Gasteiger partial charge in [-0.1, -0.05) is 141 Å². The van der Waals surface area contributed by atoms with E-state index in [4.69, 9.17) is 0 Å². The van der Waals surface area contributed by atoms with E-state index < -0.39 is 0 Å². The van der Waals surface area contributed by atoms with Crippen molar-refractivity contribution in [1.82, 2.24) is 5.32 Å². The second kappa shape index (κ2) is 19.5. The molecule has 0 spiro atoms. The maximum absolute atomic E-state index is 12.9. The van der Waals surface area contributed by atoms with Gasteiger partial charge in [0.25, 0.3) is 0 Å². The topological polar surface area (TPSA) is 52.6 Å². The summed E-state index contributed by atoms with van der Waals surface area (Å²) in [6.07, 6.45) is 26.2. The zero-order chi connectivity index (χ0) is 25.8. The zero-order valence-electron chi connectivity index (χ0n) is 23.6. The average molecular weight is 501 g/mol. The number of amides is 1. The molecule has 1 aliphatic rings. The molecule has 4 heteroatoms. The number of benzene rings is 1. The Bertz CT molecular complexity index is 692. The van der Waals surface area contributed by atoms with E-state index >= 15 is 0 Å². The predicted octanol–water partition coefficient (Wildman–Crippen LogP) is 7.96. The normalized spacial score (nSPS) is 18.0. The van der Waals surface area contributed by atoms with Crippen LogP contribution in [0, 0.1) is 0 Å². The quantitative estimate of drug-likeness (QED) is 0.179. The van der Waals surface area contributed by atoms with Crippen LogP contribution in [0.25, 0.3) is 0 Å². The molecule has 36 heavy (non-hydrogen) atoms. The number of aliphatic hydroxyl groups is 1. The number of likely N-dealkylation sites (N-methyl/N-ethyl adjacent to an activating group) is 1. The minimum absolute atomic E-state index is 0.0182. The average Bonchev–Trinajstić information content (AvgIpc) is 2.89. The van der Waals surface area contributed by atoms with E-state index in [0.717, 1.165) is 18.5 Å². The lowest BCUT2D eigenvalue weighted by Gasteiger charge is -2.35. The first-order chi connectivity index (χ1) is 17.7. The lowest BCUT2D eigenvalue weighted by Crippen LogP contribution is -2.52. The molecule has 4 nitrogen and oxygen atoms in total. The number of hydrogen-bond donors (Lipinski definition) is 2. The molecule has 0 aliphatic carbocycles. The molecule has 2 rings (SSSR count). The Hall–Kier alpha value is -1.55. The molecule has 0 saturated heterocycles. The number of unbranched alkanes of at least 4 members (excludes halogenated alkanes) is 17. The SMILES string of the molecule is CCCCCCCCCCCCCCCCCCCC[C@H]1C(=O)N[C@H](CO)Cc2ccccc2N1C. The number of nitrogens with one attached hydrogen (secondary N) is 1. The van der Waals surface area contributed by atoms with E-state index in [-0.39, 0.29) is 24.6 Å². The van der Waals surface area contributed by atoms with E-state index in [9.17, 15) is 9.90 Å². The second-order valence-electron chi connectivity index (χ2n) is 11.1. The first kappa shape index (κ1) is 30.7. The van der Waals surface area contributed by atoms with E-state index in [1.807, 2.05) is 19.2 Å². The first-order valence-corrected chi connectivity index (χ1v) is 15.4. The fourth-order valence-corrected chi connectivity index (χ4v) is 5.66. The molecule has 206 valence electrons. The minimum atomic E-state index is -0.199. The van der Waals surface area contributed by atoms with Gasteiger partial charge >= 0.3 is 0 Å². The highest BCUT2D eigenvalue weighted by Crippen LogP contribution is 2.26. The summed E-state index contributed by atoms with van der Waals surface area (Å²) in [5, 5.41) is 12.8. The van der Waals surface area contributed by atoms with Crippen LogP contribution in [0.15, 0.2) is 24.3 Å². The molecule has 1 amide bonds. The van der Waals surface area contributed by atoms with Crippen LogP contribution >= 0.6 is 0 Å². The van der Waals surface area contributed by atoms with Gasteiger partial charge in [-0.2, -0.15) is 0 Å². The molecule has 2 atom stereocenters. The van der Waals surface area contributed by atoms with Crippen LogP contribution in [0.1, 0.15) is 134 Å². The molecule has 1 aromatic rings. The Morgan fingerprint density at radius 1 is 0.778 bits per heavy atom. The van der Waals surface area contributed by atoms with Crippen LogP contribution in [-0.2, 0) is 11.2 Å². The summed E-state index contributed by atoms with van der Waals surface area (Å²) in [5.41, 5.74) is 2.32. The summed E-state index contributed by atoms with van der Waals surface area (Å²) in [6, 6.07) is 7.93. The lowest BCUT2D eigenvalue weighted by molar-refractivity contribution is -0.123. The van der Waals surface area contributed by atoms with E-state index in [1.54, 1.807) is 0 Å². The molecule has 0 fully saturated rings. The molecule has 0 unspecified atom stereocenters. The molecular formula is C32H56N2O2. The molecule has 0 aromatic heterocycles. The maximum Gasteiger partial charge on any atom is 0.242 e. The molecule has 2 N–H and O–H groups in total. The van der Waals surface area contributed by atoms with Gasteiger partial charge in [-0.15, -0.1) is 0 Å². The van der Waals surface area contributed by atoms with E-state index in [0.29, 0.717) is 6.42 Å². The van der Waals surface area contributed by atoms with Crippen molar-refractivity contribution in [2.75, 3.05) is 18.6 Å². The van der Waals surface area contributed by atoms with Crippen molar-refractivity contribution < 1.29 is 9.90 Å². The number of anilines is 1. The van der Waals surface area contributed by atoms with Crippen molar-refractivity contribution in [3.63, 3.8) is 0 Å². The standard InChI is InChI=1S/C32H56N2O2/c1-3-4-5-6-7-8-9-10-11-12-13-14-15-16-17-18-19-20-25-31-32(36)33-29(27-35)26-28-23-21-22-24-30(28)34(31)2/h21-24,29,31,35H,3-20,25-27H2,1-2H3,(H,33,36)/t29-,31-/m0/s1. The number of para-hydroxylation sites is 1. The summed E-state index contributed by atoms with van der Waals surface area (Å²) in [4.78, 5) is 15.1. The van der Waals surface area contributed by atoms with Crippen LogP contribution in [0.4, 0.5) is 5.69 Å². The van der Waals surface area contributed by atoms with Crippen molar-refractivity contribution in [3.05, 3.63) is 29.8 Å². The van der Waals surface area contributed by atoms with Crippen molar-refractivity contribution in [3.8, 4) is 0 Å². The summed E-state index contributed by atoms with van der Waals surface area (Å²) >= 11 is 0. The predicted molar refractivity (Wildman–Crippen MR) is 155 cm³/mol. The summed E-state index contributed by atoms with van der Waals surface area (Å²) < 4.78 is 0. The third-order valence-electron chi connectivity index (χ3n) is 8.01. The molecule has 0 saturated carbocycles. The number of carbonyl (C=O) groups is 1. The van der Waals surface area contributed by atoms with Crippen molar-refractivity contribution >= 4 is 11.6 Å². The number of rotatable bonds is 20. The van der Waals surface area contributed by atoms with Gasteiger partial charge in [-0.05, 0) is 24.5 Å². The summed E-state index contributed by atoms with van der Waals surface area (Å²) in [5.74, 6) is 0.0537. The molecule has 0 bridgehead atoms. The number of hydrogen-bond acceptors (Lipinski definition) is 3. The largest absolute Gasteiger partial charge is 0.394 e. The van der Waals surface area contributed by atoms with Crippen molar-refractivity contribution in [2.24, 2.45) is 0 Å². The van der Waals surface area contributed by atoms with Gasteiger partial charge in [0, 0.05) is 12.7 Å². The van der Waals surface area contributed by atoms with E-state index in [2.05, 4.69) is 29.3 Å². The van der Waals surface area contributed by atoms with Crippen LogP contribution in [0.2, 0.25) is 0 Å². The fourth-order valence-electron chi connectivity index (χ4n) is 5.66. The molecule has 1 heterocycles. The van der Waals surface area contributed by atoms with Gasteiger partial charge < -0.3 is 15.3 Å². The molecule has 0 radical (unpaired) electrons. The van der Waals surface area contributed by atoms with Crippen LogP contribution in [0.5, 0.6) is 0 Å². The van der Waals surface area contributed by atoms with Crippen LogP contribution < -0.4 is 10.2 Å². The monoisotopic (exact) mass is 500 g/mol. The Balaban J connectivity index is 1.49. The molecule has 1 aromatic carbocycles. The number of fused-ring (bicyclic) bond motifs is 1. The third-order valence-corrected chi connectivity index (χ3v) is 8.01. The molecular weight excluding hydrogens is 444 g/mol. The number of carbonyl (C=O) groups excluding carboxylic acids is 1. The smallest absolute Gasteiger partial charge is 0.242 e. The Morgan fingerprint density at radius 3 is 1.75 bits per heavy atom. The molecule has 1 aliphatic heterocycles. The van der Waals surface area contributed by atoms with E-state index in [1.165, 1.54) is 115 Å². The van der Waals surface area contributed by atoms with Gasteiger partial charge in [0.15, 0.2) is 0 Å². The van der Waals surface area contributed by atoms with Gasteiger partial charge in [-0.3, -0.25) is 4.79 Å². The van der Waals surface area contributed by atoms with Crippen LogP contribution in [-0.4, -0.2) is 36.8 Å². The highest BCUT2D eigenvalue weighted by atomic mass is 16.3. The van der Waals surface area contributed by atoms with Gasteiger partial charge in [0.2, 0.25) is 5.91 Å². The summed E-state index contributed by atoms with van der Waals surface area (Å²) in [6.45, 7) is 2.27. The minimum Gasteiger partial charge on any atom is -0.394 e. The highest BCUT2D eigenvalue weighted by Gasteiger charge is 2.29. The number of aliphatic hydroxyl groups excluding tert-OH is 1. The third kappa shape index (κ3) is 12.1. The Morgan fingerprint density at radius 2 is 1.25 bits per heavy atom. The Kier molecular flexibility index (Phi) is 16.7.